The minimum absolute atomic E-state index is 0.280. The number of aromatic nitrogens is 1. The molecule has 0 spiro atoms. The van der Waals surface area contributed by atoms with Crippen LogP contribution in [0, 0.1) is 5.82 Å². The molecule has 1 aliphatic rings. The molecule has 0 amide bonds. The number of rotatable bonds is 2. The second kappa shape index (κ2) is 4.37. The van der Waals surface area contributed by atoms with Crippen molar-refractivity contribution in [3.05, 3.63) is 24.3 Å². The van der Waals surface area contributed by atoms with E-state index in [-0.39, 0.29) is 5.82 Å². The highest BCUT2D eigenvalue weighted by molar-refractivity contribution is 5.43. The topological polar surface area (TPSA) is 37.0 Å². The molecule has 4 heteroatoms. The van der Waals surface area contributed by atoms with Gasteiger partial charge in [-0.15, -0.1) is 0 Å². The Morgan fingerprint density at radius 1 is 1.57 bits per heavy atom. The Bertz CT molecular complexity index is 297. The molecule has 1 aromatic heterocycles. The molecule has 2 rings (SSSR count). The molecule has 0 aliphatic carbocycles. The van der Waals surface area contributed by atoms with E-state index in [0.717, 1.165) is 25.9 Å². The summed E-state index contributed by atoms with van der Waals surface area (Å²) in [5, 5.41) is 6.45. The third kappa shape index (κ3) is 2.20. The summed E-state index contributed by atoms with van der Waals surface area (Å²) in [5.41, 5.74) is 0.550. The maximum atomic E-state index is 13.2. The van der Waals surface area contributed by atoms with Crippen molar-refractivity contribution in [2.75, 3.05) is 18.4 Å². The van der Waals surface area contributed by atoms with Crippen molar-refractivity contribution in [1.29, 1.82) is 0 Å². The van der Waals surface area contributed by atoms with E-state index in [9.17, 15) is 4.39 Å². The zero-order chi connectivity index (χ0) is 9.80. The quantitative estimate of drug-likeness (QED) is 0.748. The summed E-state index contributed by atoms with van der Waals surface area (Å²) >= 11 is 0. The highest BCUT2D eigenvalue weighted by atomic mass is 19.1. The molecule has 3 nitrogen and oxygen atoms in total. The second-order valence-corrected chi connectivity index (χ2v) is 3.54. The van der Waals surface area contributed by atoms with Crippen LogP contribution < -0.4 is 10.6 Å². The molecule has 14 heavy (non-hydrogen) atoms. The van der Waals surface area contributed by atoms with Gasteiger partial charge in [0.1, 0.15) is 0 Å². The van der Waals surface area contributed by atoms with Gasteiger partial charge in [0, 0.05) is 18.8 Å². The minimum atomic E-state index is -0.280. The van der Waals surface area contributed by atoms with Crippen molar-refractivity contribution in [2.45, 2.75) is 18.9 Å². The molecule has 0 bridgehead atoms. The van der Waals surface area contributed by atoms with Gasteiger partial charge in [0.2, 0.25) is 0 Å². The van der Waals surface area contributed by atoms with Crippen molar-refractivity contribution in [1.82, 2.24) is 10.3 Å². The molecule has 1 saturated heterocycles. The average Bonchev–Trinajstić information content (AvgIpc) is 2.23. The van der Waals surface area contributed by atoms with Crippen LogP contribution >= 0.6 is 0 Å². The van der Waals surface area contributed by atoms with E-state index in [1.54, 1.807) is 12.3 Å². The number of nitrogens with zero attached hydrogens (tertiary/aromatic N) is 1. The highest BCUT2D eigenvalue weighted by Crippen LogP contribution is 2.14. The van der Waals surface area contributed by atoms with Crippen LogP contribution in [0.1, 0.15) is 12.8 Å². The Balaban J connectivity index is 1.99. The normalized spacial score (nSPS) is 21.9. The number of pyridine rings is 1. The molecule has 0 aromatic carbocycles. The standard InChI is InChI=1S/C10H14FN3/c11-9-7-13-5-3-10(9)14-8-2-1-4-12-6-8/h3,5,7-8,12H,1-2,4,6H2,(H,13,14). The summed E-state index contributed by atoms with van der Waals surface area (Å²) in [5.74, 6) is -0.280. The lowest BCUT2D eigenvalue weighted by atomic mass is 10.1. The lowest BCUT2D eigenvalue weighted by Gasteiger charge is -2.24. The summed E-state index contributed by atoms with van der Waals surface area (Å²) in [6.45, 7) is 1.97. The van der Waals surface area contributed by atoms with E-state index in [1.165, 1.54) is 6.20 Å². The van der Waals surface area contributed by atoms with Gasteiger partial charge in [0.05, 0.1) is 11.9 Å². The molecule has 1 atom stereocenters. The number of nitrogens with one attached hydrogen (secondary N) is 2. The summed E-state index contributed by atoms with van der Waals surface area (Å²) in [7, 11) is 0. The van der Waals surface area contributed by atoms with Crippen molar-refractivity contribution in [2.24, 2.45) is 0 Å². The smallest absolute Gasteiger partial charge is 0.164 e. The fourth-order valence-electron chi connectivity index (χ4n) is 1.69. The number of piperidine rings is 1. The molecule has 0 radical (unpaired) electrons. The predicted molar refractivity (Wildman–Crippen MR) is 53.7 cm³/mol. The van der Waals surface area contributed by atoms with Gasteiger partial charge in [0.25, 0.3) is 0 Å². The molecule has 1 unspecified atom stereocenters. The number of halogens is 1. The largest absolute Gasteiger partial charge is 0.379 e. The Morgan fingerprint density at radius 2 is 2.50 bits per heavy atom. The van der Waals surface area contributed by atoms with Crippen LogP contribution in [-0.2, 0) is 0 Å². The fourth-order valence-corrected chi connectivity index (χ4v) is 1.69. The molecule has 1 aromatic rings. The summed E-state index contributed by atoms with van der Waals surface area (Å²) in [6.07, 6.45) is 5.07. The monoisotopic (exact) mass is 195 g/mol. The van der Waals surface area contributed by atoms with Crippen LogP contribution in [0.3, 0.4) is 0 Å². The Morgan fingerprint density at radius 3 is 3.21 bits per heavy atom. The van der Waals surface area contributed by atoms with Gasteiger partial charge in [-0.3, -0.25) is 4.98 Å². The molecular weight excluding hydrogens is 181 g/mol. The Labute approximate surface area is 82.7 Å². The second-order valence-electron chi connectivity index (χ2n) is 3.54. The van der Waals surface area contributed by atoms with Gasteiger partial charge < -0.3 is 10.6 Å². The van der Waals surface area contributed by atoms with E-state index in [4.69, 9.17) is 0 Å². The molecular formula is C10H14FN3. The molecule has 1 fully saturated rings. The van der Waals surface area contributed by atoms with E-state index in [1.807, 2.05) is 0 Å². The summed E-state index contributed by atoms with van der Waals surface area (Å²) in [6, 6.07) is 2.00. The molecule has 76 valence electrons. The van der Waals surface area contributed by atoms with E-state index < -0.39 is 0 Å². The van der Waals surface area contributed by atoms with E-state index >= 15 is 0 Å². The van der Waals surface area contributed by atoms with Crippen LogP contribution in [0.2, 0.25) is 0 Å². The average molecular weight is 195 g/mol. The maximum absolute atomic E-state index is 13.2. The van der Waals surface area contributed by atoms with Crippen LogP contribution in [0.4, 0.5) is 10.1 Å². The predicted octanol–water partition coefficient (Wildman–Crippen LogP) is 1.38. The number of anilines is 1. The summed E-state index contributed by atoms with van der Waals surface area (Å²) < 4.78 is 13.2. The molecule has 1 aliphatic heterocycles. The van der Waals surface area contributed by atoms with E-state index in [0.29, 0.717) is 11.7 Å². The molecule has 2 N–H and O–H groups in total. The van der Waals surface area contributed by atoms with E-state index in [2.05, 4.69) is 15.6 Å². The van der Waals surface area contributed by atoms with Gasteiger partial charge in [-0.1, -0.05) is 0 Å². The first-order valence-electron chi connectivity index (χ1n) is 4.93. The lowest BCUT2D eigenvalue weighted by molar-refractivity contribution is 0.477. The number of hydrogen-bond acceptors (Lipinski definition) is 3. The Hall–Kier alpha value is -1.16. The van der Waals surface area contributed by atoms with Crippen molar-refractivity contribution < 1.29 is 4.39 Å². The first kappa shape index (κ1) is 9.40. The van der Waals surface area contributed by atoms with Crippen LogP contribution in [0.15, 0.2) is 18.5 Å². The van der Waals surface area contributed by atoms with Gasteiger partial charge in [0.15, 0.2) is 5.82 Å². The van der Waals surface area contributed by atoms with Crippen LogP contribution in [0.25, 0.3) is 0 Å². The lowest BCUT2D eigenvalue weighted by Crippen LogP contribution is -2.38. The van der Waals surface area contributed by atoms with Crippen molar-refractivity contribution in [3.63, 3.8) is 0 Å². The first-order chi connectivity index (χ1) is 6.86. The van der Waals surface area contributed by atoms with Gasteiger partial charge >= 0.3 is 0 Å². The minimum Gasteiger partial charge on any atom is -0.379 e. The maximum Gasteiger partial charge on any atom is 0.164 e. The fraction of sp³-hybridized carbons (Fsp3) is 0.500. The third-order valence-electron chi connectivity index (χ3n) is 2.43. The van der Waals surface area contributed by atoms with Gasteiger partial charge in [-0.25, -0.2) is 4.39 Å². The zero-order valence-electron chi connectivity index (χ0n) is 7.96. The third-order valence-corrected chi connectivity index (χ3v) is 2.43. The molecule has 0 saturated carbocycles. The zero-order valence-corrected chi connectivity index (χ0v) is 7.96. The van der Waals surface area contributed by atoms with Gasteiger partial charge in [-0.2, -0.15) is 0 Å². The van der Waals surface area contributed by atoms with Crippen LogP contribution in [0.5, 0.6) is 0 Å². The summed E-state index contributed by atoms with van der Waals surface area (Å²) in [4.78, 5) is 3.71. The number of hydrogen-bond donors (Lipinski definition) is 2. The highest BCUT2D eigenvalue weighted by Gasteiger charge is 2.13. The van der Waals surface area contributed by atoms with Crippen LogP contribution in [-0.4, -0.2) is 24.1 Å². The van der Waals surface area contributed by atoms with Crippen molar-refractivity contribution >= 4 is 5.69 Å². The van der Waals surface area contributed by atoms with Crippen molar-refractivity contribution in [3.8, 4) is 0 Å². The first-order valence-corrected chi connectivity index (χ1v) is 4.93. The molecule has 2 heterocycles. The SMILES string of the molecule is Fc1cnccc1NC1CCCNC1. The van der Waals surface area contributed by atoms with Gasteiger partial charge in [-0.05, 0) is 25.5 Å². The Kier molecular flexibility index (Phi) is 2.93.